The molecule has 18 heavy (non-hydrogen) atoms. The van der Waals surface area contributed by atoms with Crippen LogP contribution in [0.15, 0.2) is 18.3 Å². The smallest absolute Gasteiger partial charge is 0.766 e. The summed E-state index contributed by atoms with van der Waals surface area (Å²) < 4.78 is 30.8. The fourth-order valence-corrected chi connectivity index (χ4v) is 2.06. The average Bonchev–Trinajstić information content (AvgIpc) is 2.18. The van der Waals surface area contributed by atoms with Crippen LogP contribution in [0.2, 0.25) is 5.02 Å². The second kappa shape index (κ2) is 9.98. The third kappa shape index (κ3) is 10.0. The standard InChI is InChI=1S/C7H8ClN2O4S2.2Na/c8-5-1-2-6(9-3-5)10-7(11)4-15-16(12,13)14;;/h1-3,15H,4H2,(H,9,10,11)(H,12,13,14);;/q-1;2*+1/p-1. The van der Waals surface area contributed by atoms with Gasteiger partial charge >= 0.3 is 59.1 Å². The zero-order valence-corrected chi connectivity index (χ0v) is 16.2. The molecule has 1 N–H and O–H groups in total. The summed E-state index contributed by atoms with van der Waals surface area (Å²) in [6.07, 6.45) is 1.33. The molecule has 1 aromatic heterocycles. The molecular weight excluding hydrogens is 322 g/mol. The summed E-state index contributed by atoms with van der Waals surface area (Å²) in [5.41, 5.74) is 0. The topological polar surface area (TPSA) is 99.2 Å². The average molecular weight is 329 g/mol. The molecule has 0 aliphatic rings. The number of nitrogens with one attached hydrogen (secondary N) is 1. The molecule has 1 amide bonds. The second-order valence-electron chi connectivity index (χ2n) is 2.62. The first kappa shape index (κ1) is 21.5. The number of pyridine rings is 1. The Morgan fingerprint density at radius 2 is 2.06 bits per heavy atom. The number of hydrogen-bond donors (Lipinski definition) is 1. The third-order valence-electron chi connectivity index (χ3n) is 1.36. The van der Waals surface area contributed by atoms with Gasteiger partial charge < -0.3 is 20.7 Å². The molecule has 0 unspecified atom stereocenters. The number of rotatable bonds is 4. The summed E-state index contributed by atoms with van der Waals surface area (Å²) in [7, 11) is -4.88. The normalized spacial score (nSPS) is 10.1. The van der Waals surface area contributed by atoms with E-state index >= 15 is 0 Å². The van der Waals surface area contributed by atoms with Gasteiger partial charge in [0.2, 0.25) is 5.91 Å². The number of carbonyl (C=O) groups excluding carboxylic acids is 1. The van der Waals surface area contributed by atoms with Crippen LogP contribution in [0.3, 0.4) is 0 Å². The van der Waals surface area contributed by atoms with E-state index in [0.29, 0.717) is 5.02 Å². The van der Waals surface area contributed by atoms with Crippen molar-refractivity contribution in [1.29, 1.82) is 0 Å². The number of nitrogens with zero attached hydrogens (tertiary/aromatic N) is 1. The fraction of sp³-hybridized carbons (Fsp3) is 0.143. The van der Waals surface area contributed by atoms with Crippen molar-refractivity contribution in [2.24, 2.45) is 0 Å². The zero-order valence-electron chi connectivity index (χ0n) is 9.75. The summed E-state index contributed by atoms with van der Waals surface area (Å²) in [6.45, 7) is 0. The molecular formula is C7H7ClN2Na2O4S2. The Kier molecular flexibility index (Phi) is 11.9. The van der Waals surface area contributed by atoms with Crippen LogP contribution in [-0.2, 0) is 24.7 Å². The van der Waals surface area contributed by atoms with Gasteiger partial charge in [-0.15, -0.1) is 0 Å². The monoisotopic (exact) mass is 328 g/mol. The van der Waals surface area contributed by atoms with Gasteiger partial charge in [-0.25, -0.2) is 4.98 Å². The van der Waals surface area contributed by atoms with E-state index in [9.17, 15) is 17.8 Å². The summed E-state index contributed by atoms with van der Waals surface area (Å²) in [5.74, 6) is -0.778. The van der Waals surface area contributed by atoms with Gasteiger partial charge in [-0.05, 0) is 12.1 Å². The van der Waals surface area contributed by atoms with Gasteiger partial charge in [0.15, 0.2) is 0 Å². The molecule has 1 rings (SSSR count). The molecule has 11 heteroatoms. The molecule has 0 fully saturated rings. The molecule has 6 nitrogen and oxygen atoms in total. The number of carbonyl (C=O) groups is 1. The predicted molar refractivity (Wildman–Crippen MR) is 61.2 cm³/mol. The molecule has 0 aliphatic heterocycles. The van der Waals surface area contributed by atoms with Crippen LogP contribution in [0.1, 0.15) is 0 Å². The summed E-state index contributed by atoms with van der Waals surface area (Å²) in [6, 6.07) is 2.98. The summed E-state index contributed by atoms with van der Waals surface area (Å²) in [4.78, 5) is 14.9. The summed E-state index contributed by atoms with van der Waals surface area (Å²) in [5, 5.41) is 2.74. The van der Waals surface area contributed by atoms with Gasteiger partial charge in [0.1, 0.15) is 5.82 Å². The van der Waals surface area contributed by atoms with E-state index in [4.69, 9.17) is 11.6 Å². The van der Waals surface area contributed by atoms with Gasteiger partial charge in [0, 0.05) is 15.3 Å². The molecule has 90 valence electrons. The first-order valence-corrected chi connectivity index (χ1v) is 7.40. The Morgan fingerprint density at radius 3 is 2.50 bits per heavy atom. The molecule has 0 radical (unpaired) electrons. The Labute approximate surface area is 157 Å². The maximum atomic E-state index is 11.1. The van der Waals surface area contributed by atoms with Crippen LogP contribution in [0.4, 0.5) is 5.82 Å². The third-order valence-corrected chi connectivity index (χ3v) is 3.65. The van der Waals surface area contributed by atoms with E-state index in [0.717, 1.165) is 0 Å². The van der Waals surface area contributed by atoms with Gasteiger partial charge in [0.25, 0.3) is 0 Å². The minimum absolute atomic E-state index is 0. The number of hydrogen-bond acceptors (Lipinski definition) is 6. The molecule has 0 saturated carbocycles. The van der Waals surface area contributed by atoms with Crippen molar-refractivity contribution in [1.82, 2.24) is 4.98 Å². The van der Waals surface area contributed by atoms with Crippen LogP contribution in [0.25, 0.3) is 0 Å². The van der Waals surface area contributed by atoms with Crippen molar-refractivity contribution < 1.29 is 76.9 Å². The van der Waals surface area contributed by atoms with Crippen molar-refractivity contribution in [3.63, 3.8) is 0 Å². The van der Waals surface area contributed by atoms with E-state index < -0.39 is 31.6 Å². The molecule has 1 heterocycles. The maximum absolute atomic E-state index is 11.1. The Hall–Kier alpha value is 1.17. The molecule has 1 aromatic rings. The van der Waals surface area contributed by atoms with E-state index in [-0.39, 0.29) is 64.9 Å². The van der Waals surface area contributed by atoms with Gasteiger partial charge in [0.05, 0.1) is 5.02 Å². The number of anilines is 1. The maximum Gasteiger partial charge on any atom is 1.00 e. The molecule has 0 bridgehead atoms. The molecule has 0 aliphatic carbocycles. The van der Waals surface area contributed by atoms with Crippen molar-refractivity contribution >= 4 is 43.3 Å². The quantitative estimate of drug-likeness (QED) is 0.195. The SMILES string of the molecule is O=C(C[SH-]S(=O)(=O)[O-])Nc1ccc(Cl)cn1.[Na+].[Na+]. The predicted octanol–water partition coefficient (Wildman–Crippen LogP) is -6.04. The van der Waals surface area contributed by atoms with Crippen LogP contribution in [0, 0.1) is 0 Å². The molecule has 0 saturated heterocycles. The Morgan fingerprint density at radius 1 is 1.44 bits per heavy atom. The number of halogens is 1. The van der Waals surface area contributed by atoms with Crippen molar-refractivity contribution in [2.75, 3.05) is 11.1 Å². The van der Waals surface area contributed by atoms with Crippen molar-refractivity contribution in [3.8, 4) is 0 Å². The Balaban J connectivity index is 0. The van der Waals surface area contributed by atoms with E-state index in [1.54, 1.807) is 0 Å². The fourth-order valence-electron chi connectivity index (χ4n) is 0.770. The van der Waals surface area contributed by atoms with Gasteiger partial charge in [-0.1, -0.05) is 17.4 Å². The van der Waals surface area contributed by atoms with E-state index in [1.165, 1.54) is 18.3 Å². The minimum atomic E-state index is -4.40. The van der Waals surface area contributed by atoms with Gasteiger partial charge in [-0.3, -0.25) is 13.2 Å². The van der Waals surface area contributed by atoms with Gasteiger partial charge in [-0.2, -0.15) is 0 Å². The Bertz CT molecular complexity index is 483. The van der Waals surface area contributed by atoms with Crippen LogP contribution in [0.5, 0.6) is 0 Å². The van der Waals surface area contributed by atoms with Crippen molar-refractivity contribution in [3.05, 3.63) is 23.4 Å². The molecule has 0 aromatic carbocycles. The number of aromatic nitrogens is 1. The first-order chi connectivity index (χ1) is 7.37. The minimum Gasteiger partial charge on any atom is -0.766 e. The largest absolute Gasteiger partial charge is 1.00 e. The van der Waals surface area contributed by atoms with Crippen LogP contribution < -0.4 is 64.4 Å². The first-order valence-electron chi connectivity index (χ1n) is 3.93. The van der Waals surface area contributed by atoms with Crippen LogP contribution >= 0.6 is 11.6 Å². The molecule has 0 atom stereocenters. The number of amides is 1. The van der Waals surface area contributed by atoms with Crippen molar-refractivity contribution in [2.45, 2.75) is 0 Å². The molecule has 0 spiro atoms. The van der Waals surface area contributed by atoms with E-state index in [1.807, 2.05) is 0 Å². The second-order valence-corrected chi connectivity index (χ2v) is 6.61. The zero-order chi connectivity index (χ0) is 12.2. The number of thiol groups is 1. The summed E-state index contributed by atoms with van der Waals surface area (Å²) >= 11 is 5.57. The van der Waals surface area contributed by atoms with Crippen LogP contribution in [-0.4, -0.2) is 29.6 Å². The van der Waals surface area contributed by atoms with E-state index in [2.05, 4.69) is 10.3 Å².